The first kappa shape index (κ1) is 17.4. The van der Waals surface area contributed by atoms with Crippen LogP contribution in [-0.4, -0.2) is 28.5 Å². The Morgan fingerprint density at radius 3 is 2.29 bits per heavy atom. The molecule has 1 unspecified atom stereocenters. The van der Waals surface area contributed by atoms with Crippen molar-refractivity contribution in [1.82, 2.24) is 5.32 Å². The number of carboxylic acid groups (broad SMARTS) is 1. The Hall–Kier alpha value is -1.70. The van der Waals surface area contributed by atoms with E-state index in [4.69, 9.17) is 5.11 Å². The molecule has 0 heterocycles. The fraction of sp³-hybridized carbons (Fsp3) is 0.385. The number of nitrogens with one attached hydrogen (secondary N) is 1. The Bertz CT molecular complexity index is 532. The van der Waals surface area contributed by atoms with Crippen LogP contribution in [0.3, 0.4) is 0 Å². The van der Waals surface area contributed by atoms with Gasteiger partial charge in [-0.25, -0.2) is 4.79 Å². The van der Waals surface area contributed by atoms with Crippen molar-refractivity contribution < 1.29 is 27.9 Å². The summed E-state index contributed by atoms with van der Waals surface area (Å²) in [7, 11) is 0. The predicted octanol–water partition coefficient (Wildman–Crippen LogP) is 3.14. The van der Waals surface area contributed by atoms with Gasteiger partial charge in [-0.05, 0) is 29.8 Å². The summed E-state index contributed by atoms with van der Waals surface area (Å²) in [5.41, 5.74) is -4.73. The van der Waals surface area contributed by atoms with Gasteiger partial charge in [-0.1, -0.05) is 26.0 Å². The molecule has 1 atom stereocenters. The number of carboxylic acids is 1. The van der Waals surface area contributed by atoms with Gasteiger partial charge in [0.05, 0.1) is 5.56 Å². The van der Waals surface area contributed by atoms with Gasteiger partial charge < -0.3 is 10.4 Å². The SMILES string of the molecule is CC(C)C(NC(=O)c1ccccc1SC(F)(F)F)C(=O)O. The lowest BCUT2D eigenvalue weighted by molar-refractivity contribution is -0.140. The number of carbonyl (C=O) groups is 2. The molecule has 0 fully saturated rings. The van der Waals surface area contributed by atoms with E-state index in [0.29, 0.717) is 0 Å². The van der Waals surface area contributed by atoms with Gasteiger partial charge in [0, 0.05) is 4.90 Å². The second-order valence-electron chi connectivity index (χ2n) is 4.58. The van der Waals surface area contributed by atoms with E-state index in [2.05, 4.69) is 5.32 Å². The third-order valence-corrected chi connectivity index (χ3v) is 3.38. The van der Waals surface area contributed by atoms with Crippen molar-refractivity contribution in [2.24, 2.45) is 5.92 Å². The van der Waals surface area contributed by atoms with Crippen molar-refractivity contribution >= 4 is 23.6 Å². The van der Waals surface area contributed by atoms with Gasteiger partial charge in [-0.3, -0.25) is 4.79 Å². The molecule has 21 heavy (non-hydrogen) atoms. The molecule has 0 aliphatic heterocycles. The maximum atomic E-state index is 12.4. The molecule has 1 aromatic rings. The summed E-state index contributed by atoms with van der Waals surface area (Å²) in [6, 6.07) is 4.02. The molecule has 1 aromatic carbocycles. The zero-order chi connectivity index (χ0) is 16.2. The summed E-state index contributed by atoms with van der Waals surface area (Å²) < 4.78 is 37.3. The van der Waals surface area contributed by atoms with Crippen LogP contribution in [0.5, 0.6) is 0 Å². The number of rotatable bonds is 5. The smallest absolute Gasteiger partial charge is 0.446 e. The van der Waals surface area contributed by atoms with E-state index in [1.165, 1.54) is 18.2 Å². The number of hydrogen-bond acceptors (Lipinski definition) is 3. The second kappa shape index (κ2) is 6.84. The van der Waals surface area contributed by atoms with E-state index < -0.39 is 41.1 Å². The zero-order valence-corrected chi connectivity index (χ0v) is 12.1. The van der Waals surface area contributed by atoms with Gasteiger partial charge in [0.2, 0.25) is 0 Å². The summed E-state index contributed by atoms with van der Waals surface area (Å²) in [4.78, 5) is 22.8. The molecule has 0 aliphatic carbocycles. The van der Waals surface area contributed by atoms with Crippen LogP contribution in [0.1, 0.15) is 24.2 Å². The summed E-state index contributed by atoms with van der Waals surface area (Å²) in [6.45, 7) is 3.19. The molecule has 1 rings (SSSR count). The molecule has 0 aromatic heterocycles. The lowest BCUT2D eigenvalue weighted by Gasteiger charge is -2.19. The average Bonchev–Trinajstić information content (AvgIpc) is 2.33. The molecule has 1 amide bonds. The number of amides is 1. The van der Waals surface area contributed by atoms with E-state index in [-0.39, 0.29) is 10.5 Å². The van der Waals surface area contributed by atoms with Crippen LogP contribution < -0.4 is 5.32 Å². The Balaban J connectivity index is 3.00. The number of alkyl halides is 3. The molecule has 8 heteroatoms. The molecule has 116 valence electrons. The van der Waals surface area contributed by atoms with E-state index in [0.717, 1.165) is 6.07 Å². The van der Waals surface area contributed by atoms with Gasteiger partial charge >= 0.3 is 11.5 Å². The first-order valence-corrected chi connectivity index (χ1v) is 6.82. The molecule has 0 bridgehead atoms. The Kier molecular flexibility index (Phi) is 5.65. The van der Waals surface area contributed by atoms with Crippen LogP contribution >= 0.6 is 11.8 Å². The molecule has 0 saturated heterocycles. The van der Waals surface area contributed by atoms with Crippen molar-refractivity contribution in [3.05, 3.63) is 29.8 Å². The molecule has 4 nitrogen and oxygen atoms in total. The van der Waals surface area contributed by atoms with Gasteiger partial charge in [0.25, 0.3) is 5.91 Å². The highest BCUT2D eigenvalue weighted by molar-refractivity contribution is 8.00. The first-order chi connectivity index (χ1) is 9.61. The average molecular weight is 321 g/mol. The predicted molar refractivity (Wildman–Crippen MR) is 72.1 cm³/mol. The minimum atomic E-state index is -4.53. The Morgan fingerprint density at radius 1 is 1.24 bits per heavy atom. The molecule has 0 aliphatic rings. The molecule has 0 radical (unpaired) electrons. The minimum absolute atomic E-state index is 0.202. The summed E-state index contributed by atoms with van der Waals surface area (Å²) in [5, 5.41) is 11.2. The van der Waals surface area contributed by atoms with Crippen LogP contribution in [0.4, 0.5) is 13.2 Å². The molecule has 2 N–H and O–H groups in total. The topological polar surface area (TPSA) is 66.4 Å². The zero-order valence-electron chi connectivity index (χ0n) is 11.3. The number of carbonyl (C=O) groups excluding carboxylic acids is 1. The maximum absolute atomic E-state index is 12.4. The quantitative estimate of drug-likeness (QED) is 0.818. The van der Waals surface area contributed by atoms with Crippen LogP contribution in [0.15, 0.2) is 29.2 Å². The fourth-order valence-corrected chi connectivity index (χ4v) is 2.27. The standard InChI is InChI=1S/C13H14F3NO3S/c1-7(2)10(12(19)20)17-11(18)8-5-3-4-6-9(8)21-13(14,15)16/h3-7,10H,1-2H3,(H,17,18)(H,19,20). The molecule has 0 saturated carbocycles. The van der Waals surface area contributed by atoms with Crippen molar-refractivity contribution in [1.29, 1.82) is 0 Å². The summed E-state index contributed by atoms with van der Waals surface area (Å²) in [6.07, 6.45) is 0. The lowest BCUT2D eigenvalue weighted by Crippen LogP contribution is -2.44. The van der Waals surface area contributed by atoms with E-state index in [9.17, 15) is 22.8 Å². The van der Waals surface area contributed by atoms with Gasteiger partial charge in [-0.2, -0.15) is 13.2 Å². The Morgan fingerprint density at radius 2 is 1.81 bits per heavy atom. The Labute approximate surface area is 123 Å². The minimum Gasteiger partial charge on any atom is -0.480 e. The van der Waals surface area contributed by atoms with Crippen molar-refractivity contribution in [2.75, 3.05) is 0 Å². The number of halogens is 3. The highest BCUT2D eigenvalue weighted by Gasteiger charge is 2.32. The van der Waals surface area contributed by atoms with Crippen molar-refractivity contribution in [3.8, 4) is 0 Å². The van der Waals surface area contributed by atoms with Crippen LogP contribution in [0.25, 0.3) is 0 Å². The largest absolute Gasteiger partial charge is 0.480 e. The third-order valence-electron chi connectivity index (χ3n) is 2.58. The maximum Gasteiger partial charge on any atom is 0.446 e. The molecular weight excluding hydrogens is 307 g/mol. The second-order valence-corrected chi connectivity index (χ2v) is 5.68. The van der Waals surface area contributed by atoms with Crippen LogP contribution in [-0.2, 0) is 4.79 Å². The third kappa shape index (κ3) is 5.30. The van der Waals surface area contributed by atoms with Gasteiger partial charge in [0.1, 0.15) is 6.04 Å². The monoisotopic (exact) mass is 321 g/mol. The summed E-state index contributed by atoms with van der Waals surface area (Å²) >= 11 is -0.409. The van der Waals surface area contributed by atoms with Gasteiger partial charge in [-0.15, -0.1) is 0 Å². The highest BCUT2D eigenvalue weighted by atomic mass is 32.2. The number of benzene rings is 1. The van der Waals surface area contributed by atoms with Crippen LogP contribution in [0.2, 0.25) is 0 Å². The fourth-order valence-electron chi connectivity index (χ4n) is 1.60. The number of thioether (sulfide) groups is 1. The normalized spacial score (nSPS) is 13.0. The number of aliphatic carboxylic acids is 1. The van der Waals surface area contributed by atoms with E-state index in [1.807, 2.05) is 0 Å². The molecule has 0 spiro atoms. The van der Waals surface area contributed by atoms with E-state index in [1.54, 1.807) is 13.8 Å². The van der Waals surface area contributed by atoms with Crippen molar-refractivity contribution in [2.45, 2.75) is 30.3 Å². The lowest BCUT2D eigenvalue weighted by atomic mass is 10.0. The highest BCUT2D eigenvalue weighted by Crippen LogP contribution is 2.38. The first-order valence-electron chi connectivity index (χ1n) is 6.00. The number of hydrogen-bond donors (Lipinski definition) is 2. The van der Waals surface area contributed by atoms with Crippen molar-refractivity contribution in [3.63, 3.8) is 0 Å². The van der Waals surface area contributed by atoms with E-state index >= 15 is 0 Å². The molecular formula is C13H14F3NO3S. The summed E-state index contributed by atoms with van der Waals surface area (Å²) in [5.74, 6) is -2.48. The van der Waals surface area contributed by atoms with Gasteiger partial charge in [0.15, 0.2) is 0 Å². The van der Waals surface area contributed by atoms with Crippen LogP contribution in [0, 0.1) is 5.92 Å².